The van der Waals surface area contributed by atoms with Gasteiger partial charge in [0.25, 0.3) is 5.56 Å². The lowest BCUT2D eigenvalue weighted by Gasteiger charge is -2.08. The number of benzene rings is 2. The molecule has 2 aromatic heterocycles. The van der Waals surface area contributed by atoms with Crippen molar-refractivity contribution in [2.24, 2.45) is 5.92 Å². The third kappa shape index (κ3) is 3.80. The second-order valence-corrected chi connectivity index (χ2v) is 7.84. The number of aromatic nitrogens is 3. The Morgan fingerprint density at radius 1 is 1.14 bits per heavy atom. The smallest absolute Gasteiger partial charge is 0.291 e. The molecular weight excluding hydrogens is 377 g/mol. The average Bonchev–Trinajstić information content (AvgIpc) is 3.22. The van der Waals surface area contributed by atoms with E-state index in [1.54, 1.807) is 18.2 Å². The van der Waals surface area contributed by atoms with Gasteiger partial charge in [0.05, 0.1) is 11.1 Å². The predicted octanol–water partition coefficient (Wildman–Crippen LogP) is 3.54. The van der Waals surface area contributed by atoms with Crippen LogP contribution in [0.15, 0.2) is 53.3 Å². The number of nitrogens with zero attached hydrogens (tertiary/aromatic N) is 3. The minimum absolute atomic E-state index is 0.236. The molecule has 0 atom stereocenters. The van der Waals surface area contributed by atoms with Gasteiger partial charge in [-0.15, -0.1) is 5.10 Å². The molecule has 0 saturated carbocycles. The molecule has 28 heavy (non-hydrogen) atoms. The highest BCUT2D eigenvalue weighted by Gasteiger charge is 2.12. The first-order chi connectivity index (χ1) is 13.5. The van der Waals surface area contributed by atoms with Crippen LogP contribution in [-0.4, -0.2) is 21.2 Å². The number of fused-ring (bicyclic) bond motifs is 1. The van der Waals surface area contributed by atoms with E-state index < -0.39 is 0 Å². The summed E-state index contributed by atoms with van der Waals surface area (Å²) in [4.78, 5) is 17.6. The van der Waals surface area contributed by atoms with Crippen LogP contribution < -0.4 is 14.8 Å². The van der Waals surface area contributed by atoms with E-state index in [2.05, 4.69) is 23.9 Å². The van der Waals surface area contributed by atoms with Crippen molar-refractivity contribution >= 4 is 22.4 Å². The Kier molecular flexibility index (Phi) is 4.92. The first-order valence-corrected chi connectivity index (χ1v) is 9.71. The van der Waals surface area contributed by atoms with Gasteiger partial charge in [0, 0.05) is 5.56 Å². The van der Waals surface area contributed by atoms with Gasteiger partial charge in [0.2, 0.25) is 4.96 Å². The SMILES string of the molecule is CC(C)COc1ccc(-c2nc3s/c(=C/c4ccc(F)cc4)c(=O)n3n2)cc1. The van der Waals surface area contributed by atoms with Gasteiger partial charge in [-0.25, -0.2) is 4.39 Å². The third-order valence-electron chi connectivity index (χ3n) is 4.05. The zero-order chi connectivity index (χ0) is 19.7. The molecule has 0 spiro atoms. The summed E-state index contributed by atoms with van der Waals surface area (Å²) in [7, 11) is 0. The lowest BCUT2D eigenvalue weighted by Crippen LogP contribution is -2.23. The van der Waals surface area contributed by atoms with Gasteiger partial charge in [-0.3, -0.25) is 4.79 Å². The van der Waals surface area contributed by atoms with Crippen LogP contribution in [0.4, 0.5) is 4.39 Å². The maximum atomic E-state index is 13.0. The van der Waals surface area contributed by atoms with E-state index in [1.807, 2.05) is 24.3 Å². The zero-order valence-corrected chi connectivity index (χ0v) is 16.2. The first kappa shape index (κ1) is 18.3. The van der Waals surface area contributed by atoms with E-state index in [4.69, 9.17) is 4.74 Å². The molecule has 0 bridgehead atoms. The summed E-state index contributed by atoms with van der Waals surface area (Å²) in [6, 6.07) is 13.5. The van der Waals surface area contributed by atoms with Crippen molar-refractivity contribution in [3.05, 3.63) is 74.8 Å². The van der Waals surface area contributed by atoms with E-state index in [0.29, 0.717) is 27.8 Å². The van der Waals surface area contributed by atoms with Crippen LogP contribution in [0.25, 0.3) is 22.4 Å². The van der Waals surface area contributed by atoms with E-state index in [-0.39, 0.29) is 11.4 Å². The lowest BCUT2D eigenvalue weighted by atomic mass is 10.2. The molecule has 7 heteroatoms. The highest BCUT2D eigenvalue weighted by atomic mass is 32.1. The van der Waals surface area contributed by atoms with Crippen molar-refractivity contribution in [3.8, 4) is 17.1 Å². The Labute approximate surface area is 164 Å². The number of halogens is 1. The Hall–Kier alpha value is -3.06. The predicted molar refractivity (Wildman–Crippen MR) is 108 cm³/mol. The summed E-state index contributed by atoms with van der Waals surface area (Å²) in [5, 5.41) is 4.35. The summed E-state index contributed by atoms with van der Waals surface area (Å²) >= 11 is 1.26. The molecule has 0 aliphatic heterocycles. The van der Waals surface area contributed by atoms with Crippen LogP contribution >= 0.6 is 11.3 Å². The van der Waals surface area contributed by atoms with Gasteiger partial charge in [-0.05, 0) is 54.0 Å². The second kappa shape index (κ2) is 7.52. The van der Waals surface area contributed by atoms with E-state index in [0.717, 1.165) is 16.9 Å². The number of ether oxygens (including phenoxy) is 1. The average molecular weight is 395 g/mol. The number of thiazole rings is 1. The highest BCUT2D eigenvalue weighted by Crippen LogP contribution is 2.20. The minimum Gasteiger partial charge on any atom is -0.493 e. The molecule has 2 aromatic carbocycles. The maximum absolute atomic E-state index is 13.0. The molecule has 0 unspecified atom stereocenters. The van der Waals surface area contributed by atoms with Crippen molar-refractivity contribution in [1.82, 2.24) is 14.6 Å². The molecule has 0 radical (unpaired) electrons. The van der Waals surface area contributed by atoms with Crippen molar-refractivity contribution in [3.63, 3.8) is 0 Å². The van der Waals surface area contributed by atoms with Crippen molar-refractivity contribution < 1.29 is 9.13 Å². The Balaban J connectivity index is 1.62. The molecule has 0 aliphatic carbocycles. The third-order valence-corrected chi connectivity index (χ3v) is 5.00. The fraction of sp³-hybridized carbons (Fsp3) is 0.190. The lowest BCUT2D eigenvalue weighted by molar-refractivity contribution is 0.271. The highest BCUT2D eigenvalue weighted by molar-refractivity contribution is 7.15. The molecule has 0 saturated heterocycles. The molecule has 0 aliphatic rings. The van der Waals surface area contributed by atoms with E-state index >= 15 is 0 Å². The molecule has 142 valence electrons. The molecule has 4 aromatic rings. The van der Waals surface area contributed by atoms with Crippen LogP contribution in [-0.2, 0) is 0 Å². The van der Waals surface area contributed by atoms with Gasteiger partial charge in [-0.1, -0.05) is 37.3 Å². The summed E-state index contributed by atoms with van der Waals surface area (Å²) < 4.78 is 20.5. The molecule has 0 N–H and O–H groups in total. The summed E-state index contributed by atoms with van der Waals surface area (Å²) in [5.41, 5.74) is 1.33. The summed E-state index contributed by atoms with van der Waals surface area (Å²) in [6.45, 7) is 4.85. The summed E-state index contributed by atoms with van der Waals surface area (Å²) in [6.07, 6.45) is 1.71. The van der Waals surface area contributed by atoms with Gasteiger partial charge in [0.15, 0.2) is 5.82 Å². The van der Waals surface area contributed by atoms with Crippen molar-refractivity contribution in [2.45, 2.75) is 13.8 Å². The first-order valence-electron chi connectivity index (χ1n) is 8.90. The van der Waals surface area contributed by atoms with Crippen molar-refractivity contribution in [1.29, 1.82) is 0 Å². The van der Waals surface area contributed by atoms with Gasteiger partial charge >= 0.3 is 0 Å². The Bertz CT molecular complexity index is 1210. The normalized spacial score (nSPS) is 12.2. The summed E-state index contributed by atoms with van der Waals surface area (Å²) in [5.74, 6) is 1.43. The Morgan fingerprint density at radius 3 is 2.50 bits per heavy atom. The monoisotopic (exact) mass is 395 g/mol. The van der Waals surface area contributed by atoms with Gasteiger partial charge in [-0.2, -0.15) is 9.50 Å². The maximum Gasteiger partial charge on any atom is 0.291 e. The molecule has 5 nitrogen and oxygen atoms in total. The molecular formula is C21H18FN3O2S. The molecule has 0 fully saturated rings. The van der Waals surface area contributed by atoms with Crippen LogP contribution in [0.5, 0.6) is 5.75 Å². The van der Waals surface area contributed by atoms with E-state index in [1.165, 1.54) is 28.0 Å². The second-order valence-electron chi connectivity index (χ2n) is 6.83. The molecule has 2 heterocycles. The number of hydrogen-bond acceptors (Lipinski definition) is 5. The quantitative estimate of drug-likeness (QED) is 0.519. The number of rotatable bonds is 5. The molecule has 4 rings (SSSR count). The minimum atomic E-state index is -0.313. The largest absolute Gasteiger partial charge is 0.493 e. The Morgan fingerprint density at radius 2 is 1.86 bits per heavy atom. The topological polar surface area (TPSA) is 56.5 Å². The zero-order valence-electron chi connectivity index (χ0n) is 15.4. The standard InChI is InChI=1S/C21H18FN3O2S/c1-13(2)12-27-17-9-5-15(6-10-17)19-23-21-25(24-19)20(26)18(28-21)11-14-3-7-16(22)8-4-14/h3-11,13H,12H2,1-2H3/b18-11+. The van der Waals surface area contributed by atoms with Crippen LogP contribution in [0.2, 0.25) is 0 Å². The van der Waals surface area contributed by atoms with Crippen LogP contribution in [0, 0.1) is 11.7 Å². The fourth-order valence-corrected chi connectivity index (χ4v) is 3.54. The van der Waals surface area contributed by atoms with E-state index in [9.17, 15) is 9.18 Å². The van der Waals surface area contributed by atoms with Crippen LogP contribution in [0.1, 0.15) is 19.4 Å². The molecule has 0 amide bonds. The fourth-order valence-electron chi connectivity index (χ4n) is 2.63. The number of hydrogen-bond donors (Lipinski definition) is 0. The van der Waals surface area contributed by atoms with Gasteiger partial charge in [0.1, 0.15) is 11.6 Å². The van der Waals surface area contributed by atoms with Gasteiger partial charge < -0.3 is 4.74 Å². The van der Waals surface area contributed by atoms with Crippen molar-refractivity contribution in [2.75, 3.05) is 6.61 Å². The van der Waals surface area contributed by atoms with Crippen LogP contribution in [0.3, 0.4) is 0 Å².